The zero-order chi connectivity index (χ0) is 0. The molecule has 0 fully saturated rings. The molecule has 0 spiro atoms. The predicted octanol–water partition coefficient (Wildman–Crippen LogP) is -0.0100. The maximum absolute atomic E-state index is 0. The third kappa shape index (κ3) is 8.91. The van der Waals surface area contributed by atoms with E-state index >= 15 is 0 Å². The maximum atomic E-state index is 0. The van der Waals surface area contributed by atoms with Crippen LogP contribution in [0.4, 0.5) is 0 Å². The van der Waals surface area contributed by atoms with Crippen LogP contribution in [0, 0.1) is 0 Å². The number of hydrogen-bond acceptors (Lipinski definition) is 0. The van der Waals surface area contributed by atoms with E-state index in [4.69, 9.17) is 0 Å². The van der Waals surface area contributed by atoms with Gasteiger partial charge in [0.05, 0.1) is 0 Å². The smallest absolute Gasteiger partial charge is 2.00 e. The van der Waals surface area contributed by atoms with Gasteiger partial charge in [0, 0.05) is 0 Å². The van der Waals surface area contributed by atoms with E-state index in [1.54, 1.807) is 0 Å². The van der Waals surface area contributed by atoms with Gasteiger partial charge in [0.2, 0.25) is 0 Å². The fraction of sp³-hybridized carbons (Fsp3) is 0. The van der Waals surface area contributed by atoms with Crippen LogP contribution in [0.1, 0.15) is 0 Å². The van der Waals surface area contributed by atoms with Crippen LogP contribution in [0.5, 0.6) is 0 Å². The quantitative estimate of drug-likeness (QED) is 0.518. The van der Waals surface area contributed by atoms with Gasteiger partial charge in [0.15, 0.2) is 0 Å². The van der Waals surface area contributed by atoms with E-state index in [0.717, 1.165) is 0 Å². The van der Waals surface area contributed by atoms with Gasteiger partial charge in [-0.05, 0) is 0 Å². The first kappa shape index (κ1) is 35.2. The largest absolute Gasteiger partial charge is 2.00 e. The van der Waals surface area contributed by atoms with Crippen LogP contribution < -0.4 is 0 Å². The maximum Gasteiger partial charge on any atom is 2.00 e. The fourth-order valence-electron chi connectivity index (χ4n) is 0. The first-order valence-electron chi connectivity index (χ1n) is 0. The monoisotopic (exact) mass is 233 g/mol. The van der Waals surface area contributed by atoms with Crippen molar-refractivity contribution in [3.05, 3.63) is 0 Å². The molecule has 0 aliphatic heterocycles. The van der Waals surface area contributed by atoms with Crippen molar-refractivity contribution in [3.8, 4) is 0 Å². The summed E-state index contributed by atoms with van der Waals surface area (Å²) in [5, 5.41) is 0. The van der Waals surface area contributed by atoms with Crippen LogP contribution in [0.25, 0.3) is 0 Å². The minimum absolute atomic E-state index is 0. The van der Waals surface area contributed by atoms with Crippen molar-refractivity contribution in [2.75, 3.05) is 0 Å². The molecule has 4 heteroatoms. The molecule has 0 aromatic heterocycles. The molecule has 0 N–H and O–H groups in total. The molecule has 4 heavy (non-hydrogen) atoms. The zero-order valence-electron chi connectivity index (χ0n) is 1.75. The molecular weight excluding hydrogens is 235 g/mol. The SMILES string of the molecule is [Fe+2].[Mn+2].[Ni+2].[Zn+2]. The van der Waals surface area contributed by atoms with Gasteiger partial charge in [0.1, 0.15) is 0 Å². The molecule has 19 valence electrons. The summed E-state index contributed by atoms with van der Waals surface area (Å²) in [5.74, 6) is 0. The van der Waals surface area contributed by atoms with E-state index in [-0.39, 0.29) is 70.1 Å². The van der Waals surface area contributed by atoms with Crippen LogP contribution in [-0.4, -0.2) is 0 Å². The standard InChI is InChI=1S/Fe.Mn.Ni.Zn/q4*+2. The summed E-state index contributed by atoms with van der Waals surface area (Å²) in [6.07, 6.45) is 0. The Morgan fingerprint density at radius 1 is 1.00 bits per heavy atom. The zero-order valence-corrected chi connectivity index (χ0v) is 7.99. The van der Waals surface area contributed by atoms with Crippen LogP contribution in [0.3, 0.4) is 0 Å². The summed E-state index contributed by atoms with van der Waals surface area (Å²) >= 11 is 0. The number of rotatable bonds is 0. The van der Waals surface area contributed by atoms with Gasteiger partial charge in [-0.1, -0.05) is 0 Å². The molecule has 0 atom stereocenters. The molecule has 0 aliphatic carbocycles. The molecular formula is FeMnNiZn+8. The Kier molecular flexibility index (Phi) is 169. The molecule has 0 nitrogen and oxygen atoms in total. The third-order valence-electron chi connectivity index (χ3n) is 0. The summed E-state index contributed by atoms with van der Waals surface area (Å²) < 4.78 is 0. The Balaban J connectivity index is 0. The Morgan fingerprint density at radius 2 is 1.00 bits per heavy atom. The first-order valence-corrected chi connectivity index (χ1v) is 0. The molecule has 0 heterocycles. The number of hydrogen-bond donors (Lipinski definition) is 0. The molecule has 1 radical (unpaired) electrons. The minimum atomic E-state index is 0. The average Bonchev–Trinajstić information content (AvgIpc) is 0. The summed E-state index contributed by atoms with van der Waals surface area (Å²) in [6, 6.07) is 0. The van der Waals surface area contributed by atoms with E-state index < -0.39 is 0 Å². The van der Waals surface area contributed by atoms with E-state index in [1.165, 1.54) is 0 Å². The Labute approximate surface area is 69.5 Å². The average molecular weight is 235 g/mol. The van der Waals surface area contributed by atoms with E-state index in [9.17, 15) is 0 Å². The molecule has 0 amide bonds. The fourth-order valence-corrected chi connectivity index (χ4v) is 0. The molecule has 0 saturated carbocycles. The predicted molar refractivity (Wildman–Crippen MR) is 0 cm³/mol. The molecule has 0 aromatic carbocycles. The van der Waals surface area contributed by atoms with Crippen LogP contribution >= 0.6 is 0 Å². The Morgan fingerprint density at radius 3 is 1.00 bits per heavy atom. The van der Waals surface area contributed by atoms with Crippen molar-refractivity contribution in [1.29, 1.82) is 0 Å². The molecule has 0 unspecified atom stereocenters. The Bertz CT molecular complexity index is 8.00. The first-order chi connectivity index (χ1) is 0. The summed E-state index contributed by atoms with van der Waals surface area (Å²) in [6.45, 7) is 0. The summed E-state index contributed by atoms with van der Waals surface area (Å²) in [7, 11) is 0. The van der Waals surface area contributed by atoms with Gasteiger partial charge < -0.3 is 0 Å². The van der Waals surface area contributed by atoms with Gasteiger partial charge in [-0.3, -0.25) is 0 Å². The molecule has 0 aromatic rings. The topological polar surface area (TPSA) is 0 Å². The minimum Gasteiger partial charge on any atom is 2.00 e. The van der Waals surface area contributed by atoms with E-state index in [0.29, 0.717) is 0 Å². The van der Waals surface area contributed by atoms with Crippen molar-refractivity contribution in [2.45, 2.75) is 0 Å². The van der Waals surface area contributed by atoms with E-state index in [1.807, 2.05) is 0 Å². The van der Waals surface area contributed by atoms with Crippen molar-refractivity contribution in [3.63, 3.8) is 0 Å². The second-order valence-corrected chi connectivity index (χ2v) is 0. The molecule has 0 rings (SSSR count). The second-order valence-electron chi connectivity index (χ2n) is 0. The summed E-state index contributed by atoms with van der Waals surface area (Å²) in [5.41, 5.74) is 0. The van der Waals surface area contributed by atoms with Crippen LogP contribution in [-0.2, 0) is 70.1 Å². The third-order valence-corrected chi connectivity index (χ3v) is 0. The van der Waals surface area contributed by atoms with Crippen molar-refractivity contribution in [1.82, 2.24) is 0 Å². The second kappa shape index (κ2) is 19.2. The van der Waals surface area contributed by atoms with Gasteiger partial charge >= 0.3 is 70.1 Å². The van der Waals surface area contributed by atoms with Crippen LogP contribution in [0.15, 0.2) is 0 Å². The van der Waals surface area contributed by atoms with Crippen molar-refractivity contribution < 1.29 is 70.1 Å². The molecule has 0 saturated heterocycles. The normalized spacial score (nSPS) is 0. The molecule has 0 bridgehead atoms. The molecule has 0 aliphatic rings. The van der Waals surface area contributed by atoms with E-state index in [2.05, 4.69) is 0 Å². The van der Waals surface area contributed by atoms with Gasteiger partial charge in [-0.2, -0.15) is 0 Å². The van der Waals surface area contributed by atoms with Gasteiger partial charge in [0.25, 0.3) is 0 Å². The van der Waals surface area contributed by atoms with Crippen molar-refractivity contribution in [2.24, 2.45) is 0 Å². The van der Waals surface area contributed by atoms with Gasteiger partial charge in [-0.25, -0.2) is 0 Å². The van der Waals surface area contributed by atoms with Crippen LogP contribution in [0.2, 0.25) is 0 Å². The Hall–Kier alpha value is 2.16. The van der Waals surface area contributed by atoms with Crippen molar-refractivity contribution >= 4 is 0 Å². The summed E-state index contributed by atoms with van der Waals surface area (Å²) in [4.78, 5) is 0. The van der Waals surface area contributed by atoms with Gasteiger partial charge in [-0.15, -0.1) is 0 Å².